The van der Waals surface area contributed by atoms with Crippen molar-refractivity contribution in [1.82, 2.24) is 0 Å². The summed E-state index contributed by atoms with van der Waals surface area (Å²) in [6.07, 6.45) is 0. The Bertz CT molecular complexity index is 726. The van der Waals surface area contributed by atoms with E-state index < -0.39 is 15.6 Å². The highest BCUT2D eigenvalue weighted by atomic mass is 32.2. The Morgan fingerprint density at radius 2 is 1.79 bits per heavy atom. The molecule has 0 aromatic heterocycles. The molecule has 0 heterocycles. The van der Waals surface area contributed by atoms with Gasteiger partial charge >= 0.3 is 15.6 Å². The molecule has 2 rings (SSSR count). The van der Waals surface area contributed by atoms with Crippen molar-refractivity contribution in [3.63, 3.8) is 0 Å². The first kappa shape index (κ1) is 13.7. The molecule has 19 heavy (non-hydrogen) atoms. The first-order valence-electron chi connectivity index (χ1n) is 5.21. The number of halogens is 3. The van der Waals surface area contributed by atoms with E-state index in [-0.39, 0.29) is 5.75 Å². The number of hydrogen-bond donors (Lipinski definition) is 0. The Kier molecular flexibility index (Phi) is 3.21. The molecular formula is C11H8BF3O3S. The van der Waals surface area contributed by atoms with Gasteiger partial charge in [-0.25, -0.2) is 0 Å². The molecule has 3 nitrogen and oxygen atoms in total. The van der Waals surface area contributed by atoms with Crippen molar-refractivity contribution >= 4 is 34.2 Å². The summed E-state index contributed by atoms with van der Waals surface area (Å²) in [6, 6.07) is 9.29. The zero-order valence-corrected chi connectivity index (χ0v) is 10.5. The fraction of sp³-hybridized carbons (Fsp3) is 0.0909. The maximum atomic E-state index is 12.2. The van der Waals surface area contributed by atoms with Crippen LogP contribution in [0.2, 0.25) is 0 Å². The molecule has 0 aliphatic heterocycles. The van der Waals surface area contributed by atoms with Crippen molar-refractivity contribution in [3.05, 3.63) is 36.4 Å². The number of alkyl halides is 3. The average Bonchev–Trinajstić information content (AvgIpc) is 2.28. The normalized spacial score (nSPS) is 12.6. The van der Waals surface area contributed by atoms with Crippen LogP contribution in [0, 0.1) is 0 Å². The summed E-state index contributed by atoms with van der Waals surface area (Å²) < 4.78 is 62.5. The molecule has 0 bridgehead atoms. The minimum Gasteiger partial charge on any atom is -0.376 e. The van der Waals surface area contributed by atoms with Crippen LogP contribution in [0.25, 0.3) is 10.8 Å². The van der Waals surface area contributed by atoms with Gasteiger partial charge in [0.1, 0.15) is 13.6 Å². The van der Waals surface area contributed by atoms with Crippen LogP contribution in [0.4, 0.5) is 13.2 Å². The molecule has 0 unspecified atom stereocenters. The van der Waals surface area contributed by atoms with E-state index in [0.29, 0.717) is 5.39 Å². The van der Waals surface area contributed by atoms with E-state index in [1.54, 1.807) is 26.0 Å². The lowest BCUT2D eigenvalue weighted by atomic mass is 9.90. The second-order valence-electron chi connectivity index (χ2n) is 3.94. The third-order valence-corrected chi connectivity index (χ3v) is 3.54. The Morgan fingerprint density at radius 3 is 2.42 bits per heavy atom. The van der Waals surface area contributed by atoms with Crippen LogP contribution in [0.15, 0.2) is 36.4 Å². The van der Waals surface area contributed by atoms with E-state index in [1.807, 2.05) is 0 Å². The molecule has 0 saturated heterocycles. The number of rotatable bonds is 2. The second-order valence-corrected chi connectivity index (χ2v) is 5.48. The quantitative estimate of drug-likeness (QED) is 0.475. The zero-order chi connectivity index (χ0) is 14.3. The molecule has 0 aliphatic rings. The van der Waals surface area contributed by atoms with Crippen molar-refractivity contribution in [2.75, 3.05) is 0 Å². The lowest BCUT2D eigenvalue weighted by Crippen LogP contribution is -2.28. The smallest absolute Gasteiger partial charge is 0.376 e. The van der Waals surface area contributed by atoms with Gasteiger partial charge in [-0.2, -0.15) is 21.6 Å². The van der Waals surface area contributed by atoms with Gasteiger partial charge in [0.05, 0.1) is 0 Å². The van der Waals surface area contributed by atoms with Crippen LogP contribution in [0.5, 0.6) is 5.75 Å². The summed E-state index contributed by atoms with van der Waals surface area (Å²) in [4.78, 5) is 0. The largest absolute Gasteiger partial charge is 0.534 e. The molecule has 0 atom stereocenters. The fourth-order valence-electron chi connectivity index (χ4n) is 1.63. The maximum Gasteiger partial charge on any atom is 0.534 e. The van der Waals surface area contributed by atoms with Gasteiger partial charge in [0.2, 0.25) is 0 Å². The Labute approximate surface area is 108 Å². The van der Waals surface area contributed by atoms with Crippen molar-refractivity contribution in [2.24, 2.45) is 0 Å². The van der Waals surface area contributed by atoms with Crippen LogP contribution in [-0.4, -0.2) is 21.8 Å². The molecule has 0 radical (unpaired) electrons. The average molecular weight is 288 g/mol. The number of fused-ring (bicyclic) bond motifs is 1. The second kappa shape index (κ2) is 4.45. The van der Waals surface area contributed by atoms with E-state index in [2.05, 4.69) is 4.18 Å². The third-order valence-electron chi connectivity index (χ3n) is 2.56. The van der Waals surface area contributed by atoms with Gasteiger partial charge in [-0.3, -0.25) is 0 Å². The predicted octanol–water partition coefficient (Wildman–Crippen LogP) is 1.33. The van der Waals surface area contributed by atoms with E-state index in [1.165, 1.54) is 18.2 Å². The van der Waals surface area contributed by atoms with E-state index >= 15 is 0 Å². The van der Waals surface area contributed by atoms with E-state index in [0.717, 1.165) is 10.8 Å². The van der Waals surface area contributed by atoms with Gasteiger partial charge in [0.15, 0.2) is 0 Å². The Hall–Kier alpha value is -1.70. The molecule has 0 amide bonds. The fourth-order valence-corrected chi connectivity index (χ4v) is 2.09. The first-order valence-corrected chi connectivity index (χ1v) is 6.62. The molecule has 2 aromatic rings. The van der Waals surface area contributed by atoms with Crippen LogP contribution < -0.4 is 9.65 Å². The highest BCUT2D eigenvalue weighted by molar-refractivity contribution is 7.88. The standard InChI is InChI=1S/C11H8BF3O3S/c12-10-3-1-2-7-4-5-8(6-9(7)10)18-19(16,17)11(13,14)15/h1-6H,12H2. The number of benzene rings is 2. The summed E-state index contributed by atoms with van der Waals surface area (Å²) in [5, 5.41) is 1.43. The summed E-state index contributed by atoms with van der Waals surface area (Å²) in [6.45, 7) is 0. The van der Waals surface area contributed by atoms with Gasteiger partial charge in [0, 0.05) is 0 Å². The van der Waals surface area contributed by atoms with Crippen LogP contribution in [0.1, 0.15) is 0 Å². The van der Waals surface area contributed by atoms with E-state index in [4.69, 9.17) is 0 Å². The monoisotopic (exact) mass is 288 g/mol. The molecular weight excluding hydrogens is 280 g/mol. The summed E-state index contributed by atoms with van der Waals surface area (Å²) >= 11 is 0. The molecule has 0 fully saturated rings. The minimum absolute atomic E-state index is 0.362. The van der Waals surface area contributed by atoms with Gasteiger partial charge in [-0.05, 0) is 22.9 Å². The molecule has 0 saturated carbocycles. The highest BCUT2D eigenvalue weighted by Gasteiger charge is 2.48. The van der Waals surface area contributed by atoms with Crippen molar-refractivity contribution in [3.8, 4) is 5.75 Å². The summed E-state index contributed by atoms with van der Waals surface area (Å²) in [7, 11) is -3.86. The van der Waals surface area contributed by atoms with E-state index in [9.17, 15) is 21.6 Å². The maximum absolute atomic E-state index is 12.2. The molecule has 8 heteroatoms. The first-order chi connectivity index (χ1) is 8.71. The molecule has 0 spiro atoms. The lowest BCUT2D eigenvalue weighted by Gasteiger charge is -2.10. The van der Waals surface area contributed by atoms with Crippen LogP contribution in [0.3, 0.4) is 0 Å². The lowest BCUT2D eigenvalue weighted by molar-refractivity contribution is -0.0500. The minimum atomic E-state index is -5.63. The topological polar surface area (TPSA) is 43.4 Å². The molecule has 0 aliphatic carbocycles. The van der Waals surface area contributed by atoms with Gasteiger partial charge in [0.25, 0.3) is 0 Å². The van der Waals surface area contributed by atoms with Gasteiger partial charge in [-0.15, -0.1) is 0 Å². The number of hydrogen-bond acceptors (Lipinski definition) is 3. The van der Waals surface area contributed by atoms with Gasteiger partial charge in [-0.1, -0.05) is 29.7 Å². The molecule has 0 N–H and O–H groups in total. The SMILES string of the molecule is Bc1cccc2ccc(OS(=O)(=O)C(F)(F)F)cc12. The van der Waals surface area contributed by atoms with Crippen molar-refractivity contribution in [2.45, 2.75) is 5.51 Å². The summed E-state index contributed by atoms with van der Waals surface area (Å²) in [5.74, 6) is -0.362. The zero-order valence-electron chi connectivity index (χ0n) is 9.73. The third kappa shape index (κ3) is 2.68. The molecule has 2 aromatic carbocycles. The van der Waals surface area contributed by atoms with Gasteiger partial charge < -0.3 is 4.18 Å². The van der Waals surface area contributed by atoms with Crippen LogP contribution in [-0.2, 0) is 10.1 Å². The Balaban J connectivity index is 2.46. The summed E-state index contributed by atoms with van der Waals surface area (Å²) in [5.41, 5.74) is -4.62. The van der Waals surface area contributed by atoms with Crippen molar-refractivity contribution in [1.29, 1.82) is 0 Å². The van der Waals surface area contributed by atoms with Crippen molar-refractivity contribution < 1.29 is 25.8 Å². The van der Waals surface area contributed by atoms with Crippen LogP contribution >= 0.6 is 0 Å². The predicted molar refractivity (Wildman–Crippen MR) is 67.7 cm³/mol. The highest BCUT2D eigenvalue weighted by Crippen LogP contribution is 2.28. The Morgan fingerprint density at radius 1 is 1.11 bits per heavy atom. The molecule has 100 valence electrons.